The molecule has 180 valence electrons. The molecular weight excluding hydrogens is 436 g/mol. The molecule has 0 aliphatic heterocycles. The lowest BCUT2D eigenvalue weighted by molar-refractivity contribution is 0.654. The van der Waals surface area contributed by atoms with E-state index in [-0.39, 0.29) is 0 Å². The number of benzene rings is 2. The van der Waals surface area contributed by atoms with Crippen LogP contribution in [0.25, 0.3) is 5.69 Å². The third kappa shape index (κ3) is 5.27. The molecule has 8 nitrogen and oxygen atoms in total. The van der Waals surface area contributed by atoms with Crippen molar-refractivity contribution in [2.24, 2.45) is 10.7 Å². The Morgan fingerprint density at radius 1 is 1.17 bits per heavy atom. The van der Waals surface area contributed by atoms with Crippen LogP contribution in [0.4, 0.5) is 22.9 Å². The van der Waals surface area contributed by atoms with Gasteiger partial charge < -0.3 is 27.1 Å². The zero-order chi connectivity index (χ0) is 24.8. The van der Waals surface area contributed by atoms with E-state index >= 15 is 0 Å². The zero-order valence-corrected chi connectivity index (χ0v) is 20.4. The van der Waals surface area contributed by atoms with E-state index in [1.54, 1.807) is 19.5 Å². The van der Waals surface area contributed by atoms with Crippen molar-refractivity contribution in [1.29, 1.82) is 5.41 Å². The Morgan fingerprint density at radius 3 is 2.66 bits per heavy atom. The van der Waals surface area contributed by atoms with Crippen LogP contribution in [0.2, 0.25) is 0 Å². The molecule has 35 heavy (non-hydrogen) atoms. The zero-order valence-electron chi connectivity index (χ0n) is 20.4. The van der Waals surface area contributed by atoms with Crippen molar-refractivity contribution in [3.05, 3.63) is 82.8 Å². The fourth-order valence-corrected chi connectivity index (χ4v) is 4.01. The van der Waals surface area contributed by atoms with Crippen LogP contribution in [0.5, 0.6) is 0 Å². The monoisotopic (exact) mass is 468 g/mol. The lowest BCUT2D eigenvalue weighted by atomic mass is 9.88. The summed E-state index contributed by atoms with van der Waals surface area (Å²) in [6.07, 6.45) is 10.1. The van der Waals surface area contributed by atoms with Gasteiger partial charge in [-0.25, -0.2) is 4.68 Å². The summed E-state index contributed by atoms with van der Waals surface area (Å²) in [5.41, 5.74) is 14.7. The molecule has 1 heterocycles. The first kappa shape index (κ1) is 23.8. The summed E-state index contributed by atoms with van der Waals surface area (Å²) >= 11 is 0. The summed E-state index contributed by atoms with van der Waals surface area (Å²) in [6.45, 7) is 2.02. The lowest BCUT2D eigenvalue weighted by Crippen LogP contribution is -2.13. The first-order valence-corrected chi connectivity index (χ1v) is 11.7. The molecular formula is C27H32N8. The van der Waals surface area contributed by atoms with Gasteiger partial charge in [0.1, 0.15) is 0 Å². The van der Waals surface area contributed by atoms with Crippen molar-refractivity contribution in [2.75, 3.05) is 30.0 Å². The van der Waals surface area contributed by atoms with Gasteiger partial charge in [0.05, 0.1) is 5.69 Å². The van der Waals surface area contributed by atoms with Crippen molar-refractivity contribution in [1.82, 2.24) is 9.78 Å². The molecule has 1 aliphatic rings. The van der Waals surface area contributed by atoms with E-state index < -0.39 is 0 Å². The van der Waals surface area contributed by atoms with Gasteiger partial charge in [0.15, 0.2) is 5.82 Å². The average molecular weight is 469 g/mol. The minimum absolute atomic E-state index is 0.765. The maximum atomic E-state index is 7.66. The molecule has 0 radical (unpaired) electrons. The number of aryl methyl sites for hydroxylation is 1. The molecule has 0 amide bonds. The van der Waals surface area contributed by atoms with Gasteiger partial charge in [-0.3, -0.25) is 4.99 Å². The maximum absolute atomic E-state index is 7.66. The number of aliphatic imine (C=N–C) groups is 1. The van der Waals surface area contributed by atoms with E-state index in [4.69, 9.17) is 16.2 Å². The Balaban J connectivity index is 1.58. The molecule has 6 N–H and O–H groups in total. The van der Waals surface area contributed by atoms with Gasteiger partial charge in [-0.2, -0.15) is 0 Å². The van der Waals surface area contributed by atoms with Crippen LogP contribution in [-0.4, -0.2) is 36.3 Å². The Kier molecular flexibility index (Phi) is 7.30. The van der Waals surface area contributed by atoms with Crippen molar-refractivity contribution >= 4 is 35.3 Å². The Hall–Kier alpha value is -4.33. The fourth-order valence-electron chi connectivity index (χ4n) is 4.01. The third-order valence-electron chi connectivity index (χ3n) is 6.06. The molecule has 8 heteroatoms. The van der Waals surface area contributed by atoms with E-state index in [1.807, 2.05) is 61.2 Å². The minimum Gasteiger partial charge on any atom is -0.404 e. The molecule has 0 atom stereocenters. The van der Waals surface area contributed by atoms with Gasteiger partial charge in [-0.1, -0.05) is 6.07 Å². The average Bonchev–Trinajstić information content (AvgIpc) is 3.21. The molecule has 4 rings (SSSR count). The highest BCUT2D eigenvalue weighted by Crippen LogP contribution is 2.32. The molecule has 0 unspecified atom stereocenters. The van der Waals surface area contributed by atoms with E-state index in [1.165, 1.54) is 18.2 Å². The number of aromatic nitrogens is 2. The molecule has 2 aromatic carbocycles. The first-order valence-electron chi connectivity index (χ1n) is 11.7. The topological polar surface area (TPSA) is 116 Å². The number of hydrogen-bond acceptors (Lipinski definition) is 7. The SMILES string of the molecule is CN=C/C(=C\N)C(Nc1cccc(-n2cc(C)c(Nc3ccc(NC)c(C=N)c3)n2)c1)=C1CCC1. The molecule has 1 aliphatic carbocycles. The van der Waals surface area contributed by atoms with Gasteiger partial charge in [-0.05, 0) is 68.2 Å². The predicted octanol–water partition coefficient (Wildman–Crippen LogP) is 5.36. The summed E-state index contributed by atoms with van der Waals surface area (Å²) in [6, 6.07) is 14.0. The quantitative estimate of drug-likeness (QED) is 0.271. The van der Waals surface area contributed by atoms with E-state index in [0.29, 0.717) is 0 Å². The van der Waals surface area contributed by atoms with E-state index in [9.17, 15) is 0 Å². The fraction of sp³-hybridized carbons (Fsp3) is 0.222. The van der Waals surface area contributed by atoms with Crippen LogP contribution >= 0.6 is 0 Å². The number of nitrogens with one attached hydrogen (secondary N) is 4. The van der Waals surface area contributed by atoms with Crippen LogP contribution in [0.15, 0.2) is 76.7 Å². The number of hydrogen-bond donors (Lipinski definition) is 5. The summed E-state index contributed by atoms with van der Waals surface area (Å²) in [7, 11) is 3.60. The van der Waals surface area contributed by atoms with Crippen molar-refractivity contribution in [3.8, 4) is 5.69 Å². The number of allylic oxidation sites excluding steroid dienone is 2. The number of rotatable bonds is 9. The molecule has 3 aromatic rings. The van der Waals surface area contributed by atoms with Gasteiger partial charge in [0, 0.05) is 78.4 Å². The second kappa shape index (κ2) is 10.7. The van der Waals surface area contributed by atoms with E-state index in [0.717, 1.165) is 63.8 Å². The smallest absolute Gasteiger partial charge is 0.155 e. The standard InChI is InChI=1S/C27H32N8/c1-18-17-35(34-27(18)33-23-10-11-25(31-3)20(12-23)14-28)24-9-5-8-22(13-24)32-26(19-6-4-7-19)21(15-29)16-30-2/h5,8-17,28,31-32H,4,6-7,29H2,1-3H3,(H,33,34)/b21-15+,28-14?,30-16?. The first-order chi connectivity index (χ1) is 17.1. The number of nitrogens with zero attached hydrogens (tertiary/aromatic N) is 3. The molecule has 0 spiro atoms. The molecule has 1 fully saturated rings. The lowest BCUT2D eigenvalue weighted by Gasteiger charge is -2.24. The highest BCUT2D eigenvalue weighted by Gasteiger charge is 2.17. The summed E-state index contributed by atoms with van der Waals surface area (Å²) in [4.78, 5) is 4.16. The van der Waals surface area contributed by atoms with Crippen LogP contribution in [0, 0.1) is 12.3 Å². The van der Waals surface area contributed by atoms with Crippen molar-refractivity contribution in [2.45, 2.75) is 26.2 Å². The van der Waals surface area contributed by atoms with Gasteiger partial charge >= 0.3 is 0 Å². The molecule has 1 aromatic heterocycles. The molecule has 1 saturated carbocycles. The largest absolute Gasteiger partial charge is 0.404 e. The Morgan fingerprint density at radius 2 is 2.00 bits per heavy atom. The van der Waals surface area contributed by atoms with Crippen LogP contribution in [0.3, 0.4) is 0 Å². The second-order valence-corrected chi connectivity index (χ2v) is 8.44. The maximum Gasteiger partial charge on any atom is 0.155 e. The van der Waals surface area contributed by atoms with Gasteiger partial charge in [-0.15, -0.1) is 5.10 Å². The summed E-state index contributed by atoms with van der Waals surface area (Å²) in [5.74, 6) is 0.765. The Bertz CT molecular complexity index is 1310. The van der Waals surface area contributed by atoms with Gasteiger partial charge in [0.2, 0.25) is 0 Å². The predicted molar refractivity (Wildman–Crippen MR) is 147 cm³/mol. The van der Waals surface area contributed by atoms with Gasteiger partial charge in [0.25, 0.3) is 0 Å². The number of nitrogens with two attached hydrogens (primary N) is 1. The minimum atomic E-state index is 0.765. The van der Waals surface area contributed by atoms with Crippen LogP contribution in [-0.2, 0) is 0 Å². The second-order valence-electron chi connectivity index (χ2n) is 8.44. The molecule has 0 bridgehead atoms. The number of anilines is 4. The highest BCUT2D eigenvalue weighted by atomic mass is 15.3. The normalized spacial score (nSPS) is 13.5. The summed E-state index contributed by atoms with van der Waals surface area (Å²) < 4.78 is 1.87. The van der Waals surface area contributed by atoms with Crippen LogP contribution < -0.4 is 21.7 Å². The molecule has 0 saturated heterocycles. The highest BCUT2D eigenvalue weighted by molar-refractivity contribution is 5.88. The van der Waals surface area contributed by atoms with Crippen molar-refractivity contribution in [3.63, 3.8) is 0 Å². The summed E-state index contributed by atoms with van der Waals surface area (Å²) in [5, 5.41) is 22.5. The third-order valence-corrected chi connectivity index (χ3v) is 6.06. The van der Waals surface area contributed by atoms with Crippen molar-refractivity contribution < 1.29 is 0 Å². The van der Waals surface area contributed by atoms with Crippen LogP contribution in [0.1, 0.15) is 30.4 Å². The van der Waals surface area contributed by atoms with E-state index in [2.05, 4.69) is 27.0 Å². The Labute approximate surface area is 206 Å².